The number of H-pyrrole nitrogens is 1. The molecule has 2 rings (SSSR count). The van der Waals surface area contributed by atoms with Gasteiger partial charge in [0.05, 0.1) is 10.7 Å². The molecule has 0 saturated heterocycles. The van der Waals surface area contributed by atoms with E-state index in [4.69, 9.17) is 4.74 Å². The zero-order chi connectivity index (χ0) is 13.7. The van der Waals surface area contributed by atoms with Crippen LogP contribution in [0.25, 0.3) is 0 Å². The number of benzene rings is 1. The number of hydrogen-bond donors (Lipinski definition) is 2. The fraction of sp³-hybridized carbons (Fsp3) is 0.0833. The molecule has 0 fully saturated rings. The average Bonchev–Trinajstić information content (AvgIpc) is 2.42. The van der Waals surface area contributed by atoms with Crippen LogP contribution in [0, 0.1) is 0 Å². The maximum atomic E-state index is 11.6. The lowest BCUT2D eigenvalue weighted by atomic mass is 10.2. The first kappa shape index (κ1) is 13.3. The third kappa shape index (κ3) is 3.92. The molecule has 2 N–H and O–H groups in total. The summed E-state index contributed by atoms with van der Waals surface area (Å²) in [6, 6.07) is 9.28. The van der Waals surface area contributed by atoms with Crippen LogP contribution in [0.15, 0.2) is 45.8 Å². The number of ether oxygens (including phenoxy) is 1. The first-order chi connectivity index (χ1) is 9.15. The van der Waals surface area contributed by atoms with Gasteiger partial charge in [0, 0.05) is 0 Å². The Morgan fingerprint density at radius 2 is 2.11 bits per heavy atom. The summed E-state index contributed by atoms with van der Waals surface area (Å²) in [5.41, 5.74) is 0.321. The number of amides is 1. The first-order valence-electron chi connectivity index (χ1n) is 5.37. The zero-order valence-corrected chi connectivity index (χ0v) is 11.3. The molecular weight excluding hydrogens is 314 g/mol. The summed E-state index contributed by atoms with van der Waals surface area (Å²) < 4.78 is 5.48. The van der Waals surface area contributed by atoms with Crippen molar-refractivity contribution < 1.29 is 9.53 Å². The van der Waals surface area contributed by atoms with Crippen LogP contribution in [-0.4, -0.2) is 16.1 Å². The molecule has 0 saturated carbocycles. The molecule has 7 heteroatoms. The molecule has 0 atom stereocenters. The summed E-state index contributed by atoms with van der Waals surface area (Å²) in [7, 11) is 0. The Bertz CT molecular complexity index is 628. The van der Waals surface area contributed by atoms with Gasteiger partial charge in [-0.2, -0.15) is 0 Å². The van der Waals surface area contributed by atoms with E-state index in [9.17, 15) is 9.59 Å². The number of anilines is 1. The van der Waals surface area contributed by atoms with Crippen molar-refractivity contribution in [3.8, 4) is 0 Å². The lowest BCUT2D eigenvalue weighted by molar-refractivity contribution is 0.155. The predicted molar refractivity (Wildman–Crippen MR) is 72.8 cm³/mol. The second kappa shape index (κ2) is 6.14. The van der Waals surface area contributed by atoms with Crippen LogP contribution in [0.2, 0.25) is 0 Å². The minimum atomic E-state index is -0.661. The standard InChI is InChI=1S/C12H10BrN3O3/c13-9-6-14-11(17)15-10(9)16-12(18)19-7-8-4-2-1-3-5-8/h1-6H,7H2,(H2,14,15,16,17,18). The number of hydrogen-bond acceptors (Lipinski definition) is 4. The molecule has 0 aliphatic heterocycles. The van der Waals surface area contributed by atoms with Crippen LogP contribution in [0.4, 0.5) is 10.6 Å². The molecule has 0 bridgehead atoms. The molecule has 0 unspecified atom stereocenters. The van der Waals surface area contributed by atoms with Gasteiger partial charge in [-0.25, -0.2) is 14.6 Å². The third-order valence-electron chi connectivity index (χ3n) is 2.21. The van der Waals surface area contributed by atoms with Crippen molar-refractivity contribution >= 4 is 27.8 Å². The Kier molecular flexibility index (Phi) is 4.30. The summed E-state index contributed by atoms with van der Waals surface area (Å²) in [5, 5.41) is 2.42. The van der Waals surface area contributed by atoms with Gasteiger partial charge in [0.25, 0.3) is 0 Å². The maximum absolute atomic E-state index is 11.6. The summed E-state index contributed by atoms with van der Waals surface area (Å²) in [4.78, 5) is 28.4. The number of carbonyl (C=O) groups excluding carboxylic acids is 1. The Morgan fingerprint density at radius 3 is 2.84 bits per heavy atom. The topological polar surface area (TPSA) is 84.1 Å². The van der Waals surface area contributed by atoms with E-state index < -0.39 is 11.8 Å². The minimum Gasteiger partial charge on any atom is -0.444 e. The van der Waals surface area contributed by atoms with Crippen LogP contribution < -0.4 is 11.0 Å². The molecule has 98 valence electrons. The van der Waals surface area contributed by atoms with Crippen LogP contribution in [0.1, 0.15) is 5.56 Å². The highest BCUT2D eigenvalue weighted by Gasteiger charge is 2.07. The van der Waals surface area contributed by atoms with Gasteiger partial charge in [0.2, 0.25) is 0 Å². The van der Waals surface area contributed by atoms with Crippen LogP contribution >= 0.6 is 15.9 Å². The highest BCUT2D eigenvalue weighted by molar-refractivity contribution is 9.10. The molecule has 2 aromatic rings. The molecule has 0 aliphatic rings. The van der Waals surface area contributed by atoms with Gasteiger partial charge in [0.1, 0.15) is 12.4 Å². The molecule has 1 heterocycles. The minimum absolute atomic E-state index is 0.152. The number of halogens is 1. The number of nitrogens with zero attached hydrogens (tertiary/aromatic N) is 1. The van der Waals surface area contributed by atoms with Gasteiger partial charge < -0.3 is 4.74 Å². The zero-order valence-electron chi connectivity index (χ0n) is 9.72. The van der Waals surface area contributed by atoms with Crippen LogP contribution in [0.5, 0.6) is 0 Å². The van der Waals surface area contributed by atoms with Crippen molar-refractivity contribution in [3.05, 3.63) is 57.0 Å². The number of aromatic amines is 1. The van der Waals surface area contributed by atoms with E-state index in [0.717, 1.165) is 5.56 Å². The highest BCUT2D eigenvalue weighted by atomic mass is 79.9. The smallest absolute Gasteiger partial charge is 0.413 e. The largest absolute Gasteiger partial charge is 0.444 e. The second-order valence-corrected chi connectivity index (χ2v) is 4.45. The third-order valence-corrected chi connectivity index (χ3v) is 2.81. The van der Waals surface area contributed by atoms with E-state index in [0.29, 0.717) is 4.47 Å². The van der Waals surface area contributed by atoms with Gasteiger partial charge in [-0.1, -0.05) is 30.3 Å². The lowest BCUT2D eigenvalue weighted by Gasteiger charge is -2.07. The van der Waals surface area contributed by atoms with Crippen molar-refractivity contribution in [2.75, 3.05) is 5.32 Å². The number of carbonyl (C=O) groups is 1. The average molecular weight is 324 g/mol. The molecule has 0 spiro atoms. The Hall–Kier alpha value is -2.15. The number of nitrogens with one attached hydrogen (secondary N) is 2. The van der Waals surface area contributed by atoms with E-state index in [1.54, 1.807) is 0 Å². The SMILES string of the molecule is O=C(Nc1[nH]c(=O)ncc1Br)OCc1ccccc1. The van der Waals surface area contributed by atoms with Gasteiger partial charge in [-0.05, 0) is 21.5 Å². The summed E-state index contributed by atoms with van der Waals surface area (Å²) in [5.74, 6) is 0.207. The van der Waals surface area contributed by atoms with E-state index >= 15 is 0 Å². The fourth-order valence-corrected chi connectivity index (χ4v) is 1.63. The van der Waals surface area contributed by atoms with Crippen molar-refractivity contribution in [1.29, 1.82) is 0 Å². The normalized spacial score (nSPS) is 9.95. The van der Waals surface area contributed by atoms with E-state index in [1.165, 1.54) is 6.20 Å². The molecular formula is C12H10BrN3O3. The first-order valence-corrected chi connectivity index (χ1v) is 6.17. The quantitative estimate of drug-likeness (QED) is 0.907. The summed E-state index contributed by atoms with van der Waals surface area (Å²) >= 11 is 3.15. The van der Waals surface area contributed by atoms with Gasteiger partial charge >= 0.3 is 11.8 Å². The molecule has 0 aliphatic carbocycles. The lowest BCUT2D eigenvalue weighted by Crippen LogP contribution is -2.19. The molecule has 6 nitrogen and oxygen atoms in total. The van der Waals surface area contributed by atoms with Gasteiger partial charge in [-0.15, -0.1) is 0 Å². The Balaban J connectivity index is 1.94. The summed E-state index contributed by atoms with van der Waals surface area (Å²) in [6.45, 7) is 0.152. The summed E-state index contributed by atoms with van der Waals surface area (Å²) in [6.07, 6.45) is 0.637. The number of rotatable bonds is 3. The predicted octanol–water partition coefficient (Wildman–Crippen LogP) is 2.28. The highest BCUT2D eigenvalue weighted by Crippen LogP contribution is 2.16. The Morgan fingerprint density at radius 1 is 1.37 bits per heavy atom. The molecule has 1 amide bonds. The fourth-order valence-electron chi connectivity index (χ4n) is 1.33. The molecule has 1 aromatic carbocycles. The maximum Gasteiger partial charge on any atom is 0.413 e. The van der Waals surface area contributed by atoms with Gasteiger partial charge in [0.15, 0.2) is 0 Å². The van der Waals surface area contributed by atoms with Crippen molar-refractivity contribution in [1.82, 2.24) is 9.97 Å². The number of aromatic nitrogens is 2. The van der Waals surface area contributed by atoms with Crippen molar-refractivity contribution in [3.63, 3.8) is 0 Å². The monoisotopic (exact) mass is 323 g/mol. The molecule has 1 aromatic heterocycles. The molecule has 0 radical (unpaired) electrons. The Labute approximate surface area is 117 Å². The van der Waals surface area contributed by atoms with E-state index in [-0.39, 0.29) is 12.4 Å². The van der Waals surface area contributed by atoms with Crippen LogP contribution in [-0.2, 0) is 11.3 Å². The van der Waals surface area contributed by atoms with E-state index in [2.05, 4.69) is 31.2 Å². The van der Waals surface area contributed by atoms with Gasteiger partial charge in [-0.3, -0.25) is 10.3 Å². The molecule has 19 heavy (non-hydrogen) atoms. The van der Waals surface area contributed by atoms with Crippen molar-refractivity contribution in [2.24, 2.45) is 0 Å². The second-order valence-electron chi connectivity index (χ2n) is 3.60. The van der Waals surface area contributed by atoms with E-state index in [1.807, 2.05) is 30.3 Å². The van der Waals surface area contributed by atoms with Crippen LogP contribution in [0.3, 0.4) is 0 Å². The van der Waals surface area contributed by atoms with Crippen molar-refractivity contribution in [2.45, 2.75) is 6.61 Å².